The first-order valence-corrected chi connectivity index (χ1v) is 3.86. The van der Waals surface area contributed by atoms with Crippen molar-refractivity contribution in [1.82, 2.24) is 19.5 Å². The maximum Gasteiger partial charge on any atom is 0.202 e. The van der Waals surface area contributed by atoms with Crippen LogP contribution in [0, 0.1) is 5.41 Å². The first-order chi connectivity index (χ1) is 6.22. The van der Waals surface area contributed by atoms with E-state index in [-0.39, 0.29) is 0 Å². The second-order valence-corrected chi connectivity index (χ2v) is 2.74. The molecule has 0 saturated carbocycles. The van der Waals surface area contributed by atoms with Gasteiger partial charge in [-0.05, 0) is 0 Å². The number of H-pyrrole nitrogens is 1. The Hall–Kier alpha value is -1.85. The molecule has 0 atom stereocenters. The molecule has 0 aliphatic carbocycles. The Kier molecular flexibility index (Phi) is 1.54. The van der Waals surface area contributed by atoms with Crippen LogP contribution in [0.3, 0.4) is 0 Å². The maximum absolute atomic E-state index is 7.70. The van der Waals surface area contributed by atoms with Gasteiger partial charge in [-0.3, -0.25) is 5.41 Å². The Morgan fingerprint density at radius 2 is 2.38 bits per heavy atom. The number of anilines is 1. The Bertz CT molecular complexity index is 493. The highest BCUT2D eigenvalue weighted by molar-refractivity contribution is 5.71. The van der Waals surface area contributed by atoms with Gasteiger partial charge in [0.2, 0.25) is 5.95 Å². The van der Waals surface area contributed by atoms with Crippen LogP contribution in [0.4, 0.5) is 5.95 Å². The van der Waals surface area contributed by atoms with Gasteiger partial charge >= 0.3 is 0 Å². The van der Waals surface area contributed by atoms with E-state index in [9.17, 15) is 0 Å². The number of aromatic nitrogens is 4. The SMILES string of the molecule is CNc1nc2ncn(C)c(=N)c2[nH]1. The van der Waals surface area contributed by atoms with Crippen molar-refractivity contribution in [1.29, 1.82) is 5.41 Å². The van der Waals surface area contributed by atoms with Crippen LogP contribution in [-0.2, 0) is 7.05 Å². The van der Waals surface area contributed by atoms with Crippen molar-refractivity contribution in [2.75, 3.05) is 12.4 Å². The quantitative estimate of drug-likeness (QED) is 0.566. The Balaban J connectivity index is 2.84. The fraction of sp³-hybridized carbons (Fsp3) is 0.286. The van der Waals surface area contributed by atoms with E-state index in [0.717, 1.165) is 0 Å². The third-order valence-electron chi connectivity index (χ3n) is 1.86. The van der Waals surface area contributed by atoms with E-state index in [1.165, 1.54) is 0 Å². The highest BCUT2D eigenvalue weighted by Gasteiger charge is 2.04. The van der Waals surface area contributed by atoms with Gasteiger partial charge in [-0.1, -0.05) is 0 Å². The molecule has 2 heterocycles. The summed E-state index contributed by atoms with van der Waals surface area (Å²) >= 11 is 0. The van der Waals surface area contributed by atoms with E-state index in [4.69, 9.17) is 5.41 Å². The van der Waals surface area contributed by atoms with Crippen molar-refractivity contribution in [2.45, 2.75) is 0 Å². The number of fused-ring (bicyclic) bond motifs is 1. The first-order valence-electron chi connectivity index (χ1n) is 3.86. The topological polar surface area (TPSA) is 82.4 Å². The molecule has 2 rings (SSSR count). The molecule has 3 N–H and O–H groups in total. The first kappa shape index (κ1) is 7.78. The smallest absolute Gasteiger partial charge is 0.202 e. The molecule has 0 saturated heterocycles. The second-order valence-electron chi connectivity index (χ2n) is 2.74. The summed E-state index contributed by atoms with van der Waals surface area (Å²) in [5, 5.41) is 10.6. The van der Waals surface area contributed by atoms with Gasteiger partial charge in [0, 0.05) is 14.1 Å². The maximum atomic E-state index is 7.70. The predicted molar refractivity (Wildman–Crippen MR) is 48.3 cm³/mol. The van der Waals surface area contributed by atoms with Gasteiger partial charge in [0.05, 0.1) is 6.33 Å². The summed E-state index contributed by atoms with van der Waals surface area (Å²) < 4.78 is 1.62. The molecule has 2 aromatic heterocycles. The molecule has 0 bridgehead atoms. The summed E-state index contributed by atoms with van der Waals surface area (Å²) in [5.41, 5.74) is 1.58. The zero-order valence-corrected chi connectivity index (χ0v) is 7.42. The van der Waals surface area contributed by atoms with Crippen molar-refractivity contribution >= 4 is 17.1 Å². The molecule has 0 unspecified atom stereocenters. The van der Waals surface area contributed by atoms with Crippen LogP contribution in [0.15, 0.2) is 6.33 Å². The molecule has 0 spiro atoms. The van der Waals surface area contributed by atoms with Gasteiger partial charge in [-0.25, -0.2) is 4.98 Å². The van der Waals surface area contributed by atoms with E-state index in [0.29, 0.717) is 22.6 Å². The molecular formula is C7H10N6. The summed E-state index contributed by atoms with van der Waals surface area (Å²) in [5.74, 6) is 0.627. The Morgan fingerprint density at radius 1 is 1.62 bits per heavy atom. The van der Waals surface area contributed by atoms with Crippen molar-refractivity contribution in [3.05, 3.63) is 11.8 Å². The number of imidazole rings is 1. The third-order valence-corrected chi connectivity index (χ3v) is 1.86. The molecule has 2 aromatic rings. The standard InChI is InChI=1S/C7H10N6/c1-9-7-11-4-5(8)13(2)3-10-6(4)12-7/h3,8H,1-2H3,(H2,9,11,12). The van der Waals surface area contributed by atoms with E-state index in [2.05, 4.69) is 20.3 Å². The second kappa shape index (κ2) is 2.58. The Labute approximate surface area is 74.2 Å². The lowest BCUT2D eigenvalue weighted by molar-refractivity contribution is 0.802. The van der Waals surface area contributed by atoms with Crippen molar-refractivity contribution < 1.29 is 0 Å². The fourth-order valence-corrected chi connectivity index (χ4v) is 1.12. The number of aromatic amines is 1. The van der Waals surface area contributed by atoms with E-state index in [1.807, 2.05) is 0 Å². The van der Waals surface area contributed by atoms with Gasteiger partial charge in [0.25, 0.3) is 0 Å². The molecule has 0 radical (unpaired) electrons. The van der Waals surface area contributed by atoms with Crippen molar-refractivity contribution in [3.8, 4) is 0 Å². The molecule has 6 nitrogen and oxygen atoms in total. The summed E-state index contributed by atoms with van der Waals surface area (Å²) in [4.78, 5) is 11.2. The van der Waals surface area contributed by atoms with Crippen LogP contribution >= 0.6 is 0 Å². The van der Waals surface area contributed by atoms with Crippen LogP contribution in [0.25, 0.3) is 11.2 Å². The van der Waals surface area contributed by atoms with E-state index >= 15 is 0 Å². The highest BCUT2D eigenvalue weighted by atomic mass is 15.2. The zero-order chi connectivity index (χ0) is 9.42. The van der Waals surface area contributed by atoms with Crippen LogP contribution < -0.4 is 10.8 Å². The lowest BCUT2D eigenvalue weighted by Gasteiger charge is -1.95. The predicted octanol–water partition coefficient (Wildman–Crippen LogP) is -0.182. The molecule has 6 heteroatoms. The fourth-order valence-electron chi connectivity index (χ4n) is 1.12. The summed E-state index contributed by atoms with van der Waals surface area (Å²) in [6.45, 7) is 0. The molecule has 68 valence electrons. The Morgan fingerprint density at radius 3 is 3.08 bits per heavy atom. The van der Waals surface area contributed by atoms with Gasteiger partial charge in [-0.15, -0.1) is 0 Å². The minimum atomic E-state index is 0.374. The minimum Gasteiger partial charge on any atom is -0.359 e. The van der Waals surface area contributed by atoms with Gasteiger partial charge < -0.3 is 14.9 Å². The van der Waals surface area contributed by atoms with Crippen LogP contribution in [-0.4, -0.2) is 26.6 Å². The highest BCUT2D eigenvalue weighted by Crippen LogP contribution is 2.05. The molecule has 0 amide bonds. The molecule has 0 aliphatic rings. The number of nitrogens with one attached hydrogen (secondary N) is 3. The van der Waals surface area contributed by atoms with Crippen molar-refractivity contribution in [3.63, 3.8) is 0 Å². The normalized spacial score (nSPS) is 10.6. The summed E-state index contributed by atoms with van der Waals surface area (Å²) in [6, 6.07) is 0. The van der Waals surface area contributed by atoms with Crippen molar-refractivity contribution in [2.24, 2.45) is 7.05 Å². The summed E-state index contributed by atoms with van der Waals surface area (Å²) in [6.07, 6.45) is 1.57. The van der Waals surface area contributed by atoms with Gasteiger partial charge in [0.15, 0.2) is 11.1 Å². The average molecular weight is 178 g/mol. The molecular weight excluding hydrogens is 168 g/mol. The monoisotopic (exact) mass is 178 g/mol. The molecule has 0 fully saturated rings. The number of hydrogen-bond acceptors (Lipinski definition) is 4. The number of nitrogens with zero attached hydrogens (tertiary/aromatic N) is 3. The largest absolute Gasteiger partial charge is 0.359 e. The van der Waals surface area contributed by atoms with Crippen LogP contribution in [0.5, 0.6) is 0 Å². The van der Waals surface area contributed by atoms with Gasteiger partial charge in [0.1, 0.15) is 5.52 Å². The number of hydrogen-bond donors (Lipinski definition) is 3. The lowest BCUT2D eigenvalue weighted by Crippen LogP contribution is -2.17. The molecule has 13 heavy (non-hydrogen) atoms. The van der Waals surface area contributed by atoms with Crippen LogP contribution in [0.2, 0.25) is 0 Å². The third kappa shape index (κ3) is 1.07. The lowest BCUT2D eigenvalue weighted by atomic mass is 10.5. The minimum absolute atomic E-state index is 0.374. The van der Waals surface area contributed by atoms with Gasteiger partial charge in [-0.2, -0.15) is 4.98 Å². The number of aryl methyl sites for hydroxylation is 1. The molecule has 0 aliphatic heterocycles. The van der Waals surface area contributed by atoms with E-state index in [1.54, 1.807) is 25.0 Å². The average Bonchev–Trinajstić information content (AvgIpc) is 2.55. The molecule has 0 aromatic carbocycles. The van der Waals surface area contributed by atoms with E-state index < -0.39 is 0 Å². The van der Waals surface area contributed by atoms with Crippen LogP contribution in [0.1, 0.15) is 0 Å². The summed E-state index contributed by atoms with van der Waals surface area (Å²) in [7, 11) is 3.54. The number of rotatable bonds is 1. The zero-order valence-electron chi connectivity index (χ0n) is 7.42.